The molecule has 4 nitrogen and oxygen atoms in total. The van der Waals surface area contributed by atoms with Crippen molar-refractivity contribution < 1.29 is 9.53 Å². The van der Waals surface area contributed by atoms with Crippen LogP contribution in [0, 0.1) is 0 Å². The number of anilines is 2. The van der Waals surface area contributed by atoms with Crippen LogP contribution < -0.4 is 15.4 Å². The van der Waals surface area contributed by atoms with E-state index in [4.69, 9.17) is 16.3 Å². The van der Waals surface area contributed by atoms with Crippen LogP contribution in [-0.4, -0.2) is 18.6 Å². The number of halogens is 1. The van der Waals surface area contributed by atoms with Gasteiger partial charge >= 0.3 is 0 Å². The quantitative estimate of drug-likeness (QED) is 0.840. The van der Waals surface area contributed by atoms with Gasteiger partial charge in [-0.3, -0.25) is 4.79 Å². The molecule has 0 bridgehead atoms. The van der Waals surface area contributed by atoms with Gasteiger partial charge in [-0.2, -0.15) is 0 Å². The second kappa shape index (κ2) is 7.71. The van der Waals surface area contributed by atoms with E-state index in [1.807, 2.05) is 38.1 Å². The van der Waals surface area contributed by atoms with E-state index in [-0.39, 0.29) is 18.6 Å². The van der Waals surface area contributed by atoms with Crippen molar-refractivity contribution in [3.8, 4) is 5.75 Å². The van der Waals surface area contributed by atoms with E-state index in [2.05, 4.69) is 10.6 Å². The highest BCUT2D eigenvalue weighted by molar-refractivity contribution is 6.30. The summed E-state index contributed by atoms with van der Waals surface area (Å²) < 4.78 is 5.70. The number of para-hydroxylation sites is 2. The highest BCUT2D eigenvalue weighted by Crippen LogP contribution is 2.24. The smallest absolute Gasteiger partial charge is 0.243 e. The standard InChI is InChI=1S/C17H19ClN2O2/c1-12(2)22-16-6-4-3-5-15(16)19-11-17(21)20-14-9-7-13(18)8-10-14/h3-10,12,19H,11H2,1-2H3,(H,20,21). The van der Waals surface area contributed by atoms with E-state index in [0.29, 0.717) is 10.7 Å². The Kier molecular flexibility index (Phi) is 5.67. The van der Waals surface area contributed by atoms with Gasteiger partial charge in [0.1, 0.15) is 5.75 Å². The Morgan fingerprint density at radius 2 is 1.82 bits per heavy atom. The molecule has 0 aliphatic carbocycles. The predicted molar refractivity (Wildman–Crippen MR) is 90.8 cm³/mol. The molecule has 0 saturated carbocycles. The first-order valence-corrected chi connectivity index (χ1v) is 7.47. The predicted octanol–water partition coefficient (Wildman–Crippen LogP) is 4.18. The van der Waals surface area contributed by atoms with Crippen LogP contribution in [0.2, 0.25) is 5.02 Å². The van der Waals surface area contributed by atoms with Crippen molar-refractivity contribution >= 4 is 28.9 Å². The molecule has 0 aliphatic rings. The van der Waals surface area contributed by atoms with Gasteiger partial charge in [-0.1, -0.05) is 23.7 Å². The van der Waals surface area contributed by atoms with Gasteiger partial charge in [-0.25, -0.2) is 0 Å². The minimum absolute atomic E-state index is 0.0749. The Balaban J connectivity index is 1.92. The van der Waals surface area contributed by atoms with E-state index in [9.17, 15) is 4.79 Å². The number of ether oxygens (including phenoxy) is 1. The number of amides is 1. The Hall–Kier alpha value is -2.20. The van der Waals surface area contributed by atoms with Crippen LogP contribution in [0.5, 0.6) is 5.75 Å². The van der Waals surface area contributed by atoms with Crippen molar-refractivity contribution in [1.29, 1.82) is 0 Å². The van der Waals surface area contributed by atoms with Crippen LogP contribution >= 0.6 is 11.6 Å². The second-order valence-electron chi connectivity index (χ2n) is 5.07. The third-order valence-corrected chi connectivity index (χ3v) is 3.07. The minimum Gasteiger partial charge on any atom is -0.489 e. The maximum absolute atomic E-state index is 12.0. The lowest BCUT2D eigenvalue weighted by atomic mass is 10.3. The third-order valence-electron chi connectivity index (χ3n) is 2.82. The Morgan fingerprint density at radius 1 is 1.14 bits per heavy atom. The zero-order valence-electron chi connectivity index (χ0n) is 12.6. The number of benzene rings is 2. The zero-order chi connectivity index (χ0) is 15.9. The van der Waals surface area contributed by atoms with Gasteiger partial charge in [0, 0.05) is 10.7 Å². The summed E-state index contributed by atoms with van der Waals surface area (Å²) in [5, 5.41) is 6.52. The van der Waals surface area contributed by atoms with Crippen LogP contribution in [0.15, 0.2) is 48.5 Å². The highest BCUT2D eigenvalue weighted by Gasteiger charge is 2.07. The van der Waals surface area contributed by atoms with Gasteiger partial charge in [0.25, 0.3) is 0 Å². The van der Waals surface area contributed by atoms with Crippen molar-refractivity contribution in [2.24, 2.45) is 0 Å². The first kappa shape index (κ1) is 16.2. The van der Waals surface area contributed by atoms with E-state index in [1.54, 1.807) is 24.3 Å². The minimum atomic E-state index is -0.137. The van der Waals surface area contributed by atoms with Crippen LogP contribution in [0.25, 0.3) is 0 Å². The molecule has 116 valence electrons. The number of hydrogen-bond acceptors (Lipinski definition) is 3. The second-order valence-corrected chi connectivity index (χ2v) is 5.51. The Bertz CT molecular complexity index is 627. The first-order chi connectivity index (χ1) is 10.5. The summed E-state index contributed by atoms with van der Waals surface area (Å²) in [5.41, 5.74) is 1.50. The maximum atomic E-state index is 12.0. The van der Waals surface area contributed by atoms with Crippen LogP contribution in [-0.2, 0) is 4.79 Å². The van der Waals surface area contributed by atoms with E-state index < -0.39 is 0 Å². The summed E-state index contributed by atoms with van der Waals surface area (Å²) in [4.78, 5) is 12.0. The van der Waals surface area contributed by atoms with Crippen LogP contribution in [0.3, 0.4) is 0 Å². The largest absolute Gasteiger partial charge is 0.489 e. The van der Waals surface area contributed by atoms with Crippen LogP contribution in [0.4, 0.5) is 11.4 Å². The highest BCUT2D eigenvalue weighted by atomic mass is 35.5. The van der Waals surface area contributed by atoms with Gasteiger partial charge in [0.05, 0.1) is 18.3 Å². The lowest BCUT2D eigenvalue weighted by molar-refractivity contribution is -0.114. The molecule has 0 unspecified atom stereocenters. The lowest BCUT2D eigenvalue weighted by Gasteiger charge is -2.15. The molecule has 22 heavy (non-hydrogen) atoms. The molecule has 0 saturated heterocycles. The average Bonchev–Trinajstić information content (AvgIpc) is 2.48. The Morgan fingerprint density at radius 3 is 2.50 bits per heavy atom. The fraction of sp³-hybridized carbons (Fsp3) is 0.235. The number of nitrogens with one attached hydrogen (secondary N) is 2. The van der Waals surface area contributed by atoms with Crippen molar-refractivity contribution in [2.45, 2.75) is 20.0 Å². The van der Waals surface area contributed by atoms with E-state index in [1.165, 1.54) is 0 Å². The van der Waals surface area contributed by atoms with E-state index in [0.717, 1.165) is 11.4 Å². The first-order valence-electron chi connectivity index (χ1n) is 7.09. The summed E-state index contributed by atoms with van der Waals surface area (Å²) in [6.45, 7) is 4.08. The van der Waals surface area contributed by atoms with Crippen molar-refractivity contribution in [2.75, 3.05) is 17.2 Å². The molecule has 2 rings (SSSR count). The van der Waals surface area contributed by atoms with Gasteiger partial charge in [0.15, 0.2) is 0 Å². The molecule has 0 atom stereocenters. The van der Waals surface area contributed by atoms with Gasteiger partial charge in [-0.05, 0) is 50.2 Å². The molecular formula is C17H19ClN2O2. The number of carbonyl (C=O) groups is 1. The fourth-order valence-corrected chi connectivity index (χ4v) is 2.01. The van der Waals surface area contributed by atoms with Gasteiger partial charge in [-0.15, -0.1) is 0 Å². The number of hydrogen-bond donors (Lipinski definition) is 2. The number of carbonyl (C=O) groups excluding carboxylic acids is 1. The molecule has 0 heterocycles. The average molecular weight is 319 g/mol. The normalized spacial score (nSPS) is 10.4. The summed E-state index contributed by atoms with van der Waals surface area (Å²) in [6, 6.07) is 14.5. The summed E-state index contributed by atoms with van der Waals surface area (Å²) >= 11 is 5.81. The van der Waals surface area contributed by atoms with Crippen LogP contribution in [0.1, 0.15) is 13.8 Å². The van der Waals surface area contributed by atoms with Crippen molar-refractivity contribution in [1.82, 2.24) is 0 Å². The molecule has 0 aromatic heterocycles. The topological polar surface area (TPSA) is 50.4 Å². The SMILES string of the molecule is CC(C)Oc1ccccc1NCC(=O)Nc1ccc(Cl)cc1. The molecule has 1 amide bonds. The van der Waals surface area contributed by atoms with Gasteiger partial charge in [0.2, 0.25) is 5.91 Å². The Labute approximate surface area is 135 Å². The molecule has 0 fully saturated rings. The summed E-state index contributed by atoms with van der Waals surface area (Å²) in [6.07, 6.45) is 0.0749. The molecule has 0 aliphatic heterocycles. The molecule has 2 N–H and O–H groups in total. The third kappa shape index (κ3) is 4.97. The van der Waals surface area contributed by atoms with Crippen molar-refractivity contribution in [3.63, 3.8) is 0 Å². The monoisotopic (exact) mass is 318 g/mol. The zero-order valence-corrected chi connectivity index (χ0v) is 13.4. The lowest BCUT2D eigenvalue weighted by Crippen LogP contribution is -2.22. The summed E-state index contributed by atoms with van der Waals surface area (Å²) in [7, 11) is 0. The molecule has 2 aromatic rings. The maximum Gasteiger partial charge on any atom is 0.243 e. The number of rotatable bonds is 6. The molecule has 2 aromatic carbocycles. The van der Waals surface area contributed by atoms with Gasteiger partial charge < -0.3 is 15.4 Å². The van der Waals surface area contributed by atoms with E-state index >= 15 is 0 Å². The molecule has 5 heteroatoms. The summed E-state index contributed by atoms with van der Waals surface area (Å²) in [5.74, 6) is 0.596. The molecule has 0 radical (unpaired) electrons. The molecule has 0 spiro atoms. The molecular weight excluding hydrogens is 300 g/mol. The fourth-order valence-electron chi connectivity index (χ4n) is 1.88. The van der Waals surface area contributed by atoms with Crippen molar-refractivity contribution in [3.05, 3.63) is 53.6 Å².